The Labute approximate surface area is 114 Å². The fraction of sp³-hybridized carbons (Fsp3) is 0.733. The van der Waals surface area contributed by atoms with Gasteiger partial charge in [-0.25, -0.2) is 0 Å². The maximum atomic E-state index is 11.2. The first-order valence-electron chi connectivity index (χ1n) is 7.10. The Morgan fingerprint density at radius 1 is 1.44 bits per heavy atom. The van der Waals surface area contributed by atoms with E-state index in [2.05, 4.69) is 35.6 Å². The SMILES string of the molecule is CC(C)N1C[C@H]2CCC[C@](O)(c3ccsc3)[C@@H]2C1. The molecule has 2 nitrogen and oxygen atoms in total. The first kappa shape index (κ1) is 12.6. The highest BCUT2D eigenvalue weighted by molar-refractivity contribution is 7.08. The summed E-state index contributed by atoms with van der Waals surface area (Å²) in [5, 5.41) is 15.4. The van der Waals surface area contributed by atoms with E-state index in [1.165, 1.54) is 19.4 Å². The van der Waals surface area contributed by atoms with Crippen LogP contribution in [0.1, 0.15) is 38.7 Å². The number of thiophene rings is 1. The van der Waals surface area contributed by atoms with Gasteiger partial charge in [0.2, 0.25) is 0 Å². The molecule has 2 heterocycles. The highest BCUT2D eigenvalue weighted by Gasteiger charge is 2.50. The van der Waals surface area contributed by atoms with Crippen LogP contribution in [0.5, 0.6) is 0 Å². The minimum atomic E-state index is -0.563. The number of aliphatic hydroxyl groups is 1. The van der Waals surface area contributed by atoms with E-state index in [1.54, 1.807) is 11.3 Å². The molecule has 1 aromatic rings. The van der Waals surface area contributed by atoms with E-state index in [0.717, 1.165) is 18.5 Å². The lowest BCUT2D eigenvalue weighted by Crippen LogP contribution is -2.42. The van der Waals surface area contributed by atoms with Crippen molar-refractivity contribution < 1.29 is 5.11 Å². The molecule has 18 heavy (non-hydrogen) atoms. The predicted molar refractivity (Wildman–Crippen MR) is 75.8 cm³/mol. The summed E-state index contributed by atoms with van der Waals surface area (Å²) in [5.74, 6) is 1.12. The molecule has 0 unspecified atom stereocenters. The molecule has 100 valence electrons. The zero-order valence-electron chi connectivity index (χ0n) is 11.3. The van der Waals surface area contributed by atoms with Gasteiger partial charge in [-0.3, -0.25) is 0 Å². The predicted octanol–water partition coefficient (Wildman–Crippen LogP) is 3.08. The molecule has 0 aromatic carbocycles. The zero-order chi connectivity index (χ0) is 12.8. The Hall–Kier alpha value is -0.380. The van der Waals surface area contributed by atoms with Crippen LogP contribution in [-0.2, 0) is 5.60 Å². The first-order chi connectivity index (χ1) is 8.61. The topological polar surface area (TPSA) is 23.5 Å². The summed E-state index contributed by atoms with van der Waals surface area (Å²) in [7, 11) is 0. The van der Waals surface area contributed by atoms with Crippen molar-refractivity contribution in [2.24, 2.45) is 11.8 Å². The quantitative estimate of drug-likeness (QED) is 0.888. The Kier molecular flexibility index (Phi) is 3.25. The zero-order valence-corrected chi connectivity index (χ0v) is 12.1. The molecule has 2 fully saturated rings. The summed E-state index contributed by atoms with van der Waals surface area (Å²) in [6.07, 6.45) is 3.40. The Balaban J connectivity index is 1.88. The summed E-state index contributed by atoms with van der Waals surface area (Å²) in [5.41, 5.74) is 0.597. The average Bonchev–Trinajstić information content (AvgIpc) is 2.99. The summed E-state index contributed by atoms with van der Waals surface area (Å²) in [4.78, 5) is 2.54. The Morgan fingerprint density at radius 3 is 2.94 bits per heavy atom. The third-order valence-corrected chi connectivity index (χ3v) is 5.65. The molecule has 0 amide bonds. The summed E-state index contributed by atoms with van der Waals surface area (Å²) >= 11 is 1.70. The van der Waals surface area contributed by atoms with E-state index in [9.17, 15) is 5.11 Å². The van der Waals surface area contributed by atoms with Crippen molar-refractivity contribution in [1.82, 2.24) is 4.90 Å². The smallest absolute Gasteiger partial charge is 0.0947 e. The second kappa shape index (κ2) is 4.62. The van der Waals surface area contributed by atoms with Gasteiger partial charge in [0.15, 0.2) is 0 Å². The number of likely N-dealkylation sites (tertiary alicyclic amines) is 1. The molecule has 0 spiro atoms. The van der Waals surface area contributed by atoms with E-state index in [1.807, 2.05) is 0 Å². The first-order valence-corrected chi connectivity index (χ1v) is 8.04. The minimum absolute atomic E-state index is 0.434. The van der Waals surface area contributed by atoms with Gasteiger partial charge >= 0.3 is 0 Å². The van der Waals surface area contributed by atoms with Gasteiger partial charge in [0.25, 0.3) is 0 Å². The van der Waals surface area contributed by atoms with Crippen LogP contribution in [0.2, 0.25) is 0 Å². The van der Waals surface area contributed by atoms with Crippen molar-refractivity contribution in [2.75, 3.05) is 13.1 Å². The van der Waals surface area contributed by atoms with E-state index in [0.29, 0.717) is 17.9 Å². The van der Waals surface area contributed by atoms with E-state index in [-0.39, 0.29) is 0 Å². The van der Waals surface area contributed by atoms with Gasteiger partial charge in [-0.15, -0.1) is 0 Å². The lowest BCUT2D eigenvalue weighted by atomic mass is 9.68. The number of nitrogens with zero attached hydrogens (tertiary/aromatic N) is 1. The number of fused-ring (bicyclic) bond motifs is 1. The average molecular weight is 265 g/mol. The van der Waals surface area contributed by atoms with Crippen molar-refractivity contribution in [1.29, 1.82) is 0 Å². The molecular weight excluding hydrogens is 242 g/mol. The number of hydrogen-bond acceptors (Lipinski definition) is 3. The van der Waals surface area contributed by atoms with Crippen LogP contribution in [0, 0.1) is 11.8 Å². The van der Waals surface area contributed by atoms with Crippen molar-refractivity contribution >= 4 is 11.3 Å². The largest absolute Gasteiger partial charge is 0.385 e. The summed E-state index contributed by atoms with van der Waals surface area (Å²) in [6, 6.07) is 2.72. The van der Waals surface area contributed by atoms with Crippen LogP contribution in [0.25, 0.3) is 0 Å². The highest BCUT2D eigenvalue weighted by Crippen LogP contribution is 2.48. The van der Waals surface area contributed by atoms with Crippen LogP contribution in [-0.4, -0.2) is 29.1 Å². The van der Waals surface area contributed by atoms with Crippen LogP contribution in [0.4, 0.5) is 0 Å². The van der Waals surface area contributed by atoms with E-state index in [4.69, 9.17) is 0 Å². The molecule has 3 heteroatoms. The monoisotopic (exact) mass is 265 g/mol. The molecule has 3 atom stereocenters. The van der Waals surface area contributed by atoms with Crippen LogP contribution >= 0.6 is 11.3 Å². The van der Waals surface area contributed by atoms with Gasteiger partial charge in [0.05, 0.1) is 5.60 Å². The molecule has 1 saturated heterocycles. The normalized spacial score (nSPS) is 37.1. The summed E-state index contributed by atoms with van der Waals surface area (Å²) < 4.78 is 0. The lowest BCUT2D eigenvalue weighted by molar-refractivity contribution is -0.0647. The van der Waals surface area contributed by atoms with Crippen molar-refractivity contribution in [3.8, 4) is 0 Å². The molecule has 1 aliphatic carbocycles. The van der Waals surface area contributed by atoms with Crippen LogP contribution in [0.3, 0.4) is 0 Å². The Bertz CT molecular complexity index is 403. The lowest BCUT2D eigenvalue weighted by Gasteiger charge is -2.41. The van der Waals surface area contributed by atoms with Gasteiger partial charge in [-0.1, -0.05) is 0 Å². The van der Waals surface area contributed by atoms with Crippen LogP contribution in [0.15, 0.2) is 16.8 Å². The van der Waals surface area contributed by atoms with Crippen molar-refractivity contribution in [3.63, 3.8) is 0 Å². The van der Waals surface area contributed by atoms with E-state index < -0.39 is 5.60 Å². The van der Waals surface area contributed by atoms with Crippen LogP contribution < -0.4 is 0 Å². The van der Waals surface area contributed by atoms with Gasteiger partial charge in [0, 0.05) is 25.0 Å². The fourth-order valence-electron chi connectivity index (χ4n) is 3.85. The standard InChI is InChI=1S/C15H23NOS/c1-11(2)16-8-12-4-3-6-15(17,14(12)9-16)13-5-7-18-10-13/h5,7,10-12,14,17H,3-4,6,8-9H2,1-2H3/t12-,14-,15+/m1/s1. The molecule has 1 N–H and O–H groups in total. The molecule has 3 rings (SSSR count). The molecule has 0 radical (unpaired) electrons. The Morgan fingerprint density at radius 2 is 2.28 bits per heavy atom. The highest BCUT2D eigenvalue weighted by atomic mass is 32.1. The molecule has 2 aliphatic rings. The second-order valence-corrected chi connectivity index (χ2v) is 7.02. The van der Waals surface area contributed by atoms with Gasteiger partial charge in [-0.05, 0) is 61.4 Å². The molecular formula is C15H23NOS. The molecule has 1 aliphatic heterocycles. The molecule has 1 aromatic heterocycles. The van der Waals surface area contributed by atoms with E-state index >= 15 is 0 Å². The number of rotatable bonds is 2. The van der Waals surface area contributed by atoms with Gasteiger partial charge < -0.3 is 10.0 Å². The van der Waals surface area contributed by atoms with Gasteiger partial charge in [-0.2, -0.15) is 11.3 Å². The fourth-order valence-corrected chi connectivity index (χ4v) is 4.58. The third-order valence-electron chi connectivity index (χ3n) is 4.97. The van der Waals surface area contributed by atoms with Gasteiger partial charge in [0.1, 0.15) is 0 Å². The number of hydrogen-bond donors (Lipinski definition) is 1. The maximum absolute atomic E-state index is 11.2. The third kappa shape index (κ3) is 1.93. The minimum Gasteiger partial charge on any atom is -0.385 e. The maximum Gasteiger partial charge on any atom is 0.0947 e. The van der Waals surface area contributed by atoms with Crippen molar-refractivity contribution in [3.05, 3.63) is 22.4 Å². The second-order valence-electron chi connectivity index (χ2n) is 6.24. The summed E-state index contributed by atoms with van der Waals surface area (Å²) in [6.45, 7) is 6.77. The molecule has 1 saturated carbocycles. The molecule has 0 bridgehead atoms. The van der Waals surface area contributed by atoms with Crippen molar-refractivity contribution in [2.45, 2.75) is 44.8 Å².